The molecule has 1 nitrogen and oxygen atoms in total. The smallest absolute Gasteiger partial charge is 0.0573 e. The van der Waals surface area contributed by atoms with Gasteiger partial charge in [-0.1, -0.05) is 19.8 Å². The van der Waals surface area contributed by atoms with Gasteiger partial charge in [-0.2, -0.15) is 0 Å². The molecule has 0 saturated heterocycles. The molecule has 0 heterocycles. The van der Waals surface area contributed by atoms with Gasteiger partial charge in [-0.15, -0.1) is 0 Å². The monoisotopic (exact) mass is 154 g/mol. The molecule has 2 rings (SSSR count). The second-order valence-electron chi connectivity index (χ2n) is 4.61. The standard InChI is InChI=1S/C10H18O/c1-10-6-2-4-8(10)9(11)5-3-7-10/h8-9,11H,2-7H2,1H3/t8?,9?,10-/m0/s1. The van der Waals surface area contributed by atoms with Crippen LogP contribution in [0, 0.1) is 11.3 Å². The molecule has 0 aromatic heterocycles. The van der Waals surface area contributed by atoms with Crippen LogP contribution in [0.4, 0.5) is 0 Å². The van der Waals surface area contributed by atoms with Crippen molar-refractivity contribution in [2.75, 3.05) is 0 Å². The van der Waals surface area contributed by atoms with E-state index in [4.69, 9.17) is 0 Å². The molecule has 3 atom stereocenters. The van der Waals surface area contributed by atoms with Crippen molar-refractivity contribution < 1.29 is 5.11 Å². The minimum atomic E-state index is 0.0243. The van der Waals surface area contributed by atoms with E-state index in [1.165, 1.54) is 32.1 Å². The Labute approximate surface area is 68.8 Å². The molecule has 2 unspecified atom stereocenters. The van der Waals surface area contributed by atoms with Gasteiger partial charge in [0.1, 0.15) is 0 Å². The van der Waals surface area contributed by atoms with Crippen LogP contribution in [0.3, 0.4) is 0 Å². The molecule has 0 aliphatic heterocycles. The lowest BCUT2D eigenvalue weighted by Crippen LogP contribution is -2.36. The Bertz CT molecular complexity index is 155. The maximum atomic E-state index is 9.74. The third kappa shape index (κ3) is 1.10. The van der Waals surface area contributed by atoms with Crippen LogP contribution in [0.5, 0.6) is 0 Å². The van der Waals surface area contributed by atoms with Gasteiger partial charge in [-0.3, -0.25) is 0 Å². The Morgan fingerprint density at radius 1 is 1.18 bits per heavy atom. The third-order valence-corrected chi connectivity index (χ3v) is 3.87. The Kier molecular flexibility index (Phi) is 1.71. The summed E-state index contributed by atoms with van der Waals surface area (Å²) < 4.78 is 0. The molecule has 11 heavy (non-hydrogen) atoms. The van der Waals surface area contributed by atoms with Crippen molar-refractivity contribution >= 4 is 0 Å². The molecule has 0 aromatic carbocycles. The Balaban J connectivity index is 2.15. The van der Waals surface area contributed by atoms with E-state index in [-0.39, 0.29) is 6.10 Å². The highest BCUT2D eigenvalue weighted by atomic mass is 16.3. The van der Waals surface area contributed by atoms with E-state index in [2.05, 4.69) is 6.92 Å². The fourth-order valence-corrected chi connectivity index (χ4v) is 3.14. The zero-order valence-electron chi connectivity index (χ0n) is 7.34. The minimum absolute atomic E-state index is 0.0243. The normalized spacial score (nSPS) is 50.7. The van der Waals surface area contributed by atoms with E-state index >= 15 is 0 Å². The van der Waals surface area contributed by atoms with Crippen molar-refractivity contribution in [2.24, 2.45) is 11.3 Å². The van der Waals surface area contributed by atoms with Gasteiger partial charge in [-0.05, 0) is 37.0 Å². The zero-order chi connectivity index (χ0) is 7.90. The Morgan fingerprint density at radius 3 is 2.45 bits per heavy atom. The number of aliphatic hydroxyl groups is 1. The highest BCUT2D eigenvalue weighted by Crippen LogP contribution is 2.51. The van der Waals surface area contributed by atoms with Gasteiger partial charge >= 0.3 is 0 Å². The molecule has 0 spiro atoms. The number of fused-ring (bicyclic) bond motifs is 1. The van der Waals surface area contributed by atoms with Crippen LogP contribution < -0.4 is 0 Å². The summed E-state index contributed by atoms with van der Waals surface area (Å²) in [4.78, 5) is 0. The van der Waals surface area contributed by atoms with Gasteiger partial charge in [0.2, 0.25) is 0 Å². The second-order valence-corrected chi connectivity index (χ2v) is 4.61. The molecule has 2 aliphatic carbocycles. The molecule has 0 bridgehead atoms. The summed E-state index contributed by atoms with van der Waals surface area (Å²) in [7, 11) is 0. The van der Waals surface area contributed by atoms with Crippen molar-refractivity contribution in [1.82, 2.24) is 0 Å². The highest BCUT2D eigenvalue weighted by molar-refractivity contribution is 4.95. The first-order valence-corrected chi connectivity index (χ1v) is 4.90. The summed E-state index contributed by atoms with van der Waals surface area (Å²) in [6, 6.07) is 0. The summed E-state index contributed by atoms with van der Waals surface area (Å²) in [6.07, 6.45) is 7.66. The van der Waals surface area contributed by atoms with Gasteiger partial charge in [0.15, 0.2) is 0 Å². The summed E-state index contributed by atoms with van der Waals surface area (Å²) in [5, 5.41) is 9.74. The summed E-state index contributed by atoms with van der Waals surface area (Å²) >= 11 is 0. The van der Waals surface area contributed by atoms with Gasteiger partial charge in [0, 0.05) is 0 Å². The van der Waals surface area contributed by atoms with Gasteiger partial charge in [-0.25, -0.2) is 0 Å². The van der Waals surface area contributed by atoms with E-state index in [0.717, 1.165) is 6.42 Å². The highest BCUT2D eigenvalue weighted by Gasteiger charge is 2.44. The van der Waals surface area contributed by atoms with Crippen molar-refractivity contribution in [3.05, 3.63) is 0 Å². The predicted octanol–water partition coefficient (Wildman–Crippen LogP) is 2.34. The zero-order valence-corrected chi connectivity index (χ0v) is 7.34. The van der Waals surface area contributed by atoms with E-state index in [1.807, 2.05) is 0 Å². The summed E-state index contributed by atoms with van der Waals surface area (Å²) in [5.41, 5.74) is 0.512. The molecule has 0 aromatic rings. The van der Waals surface area contributed by atoms with Crippen LogP contribution >= 0.6 is 0 Å². The fourth-order valence-electron chi connectivity index (χ4n) is 3.14. The SMILES string of the molecule is C[C@]12CCCC(O)C1CCC2. The lowest BCUT2D eigenvalue weighted by atomic mass is 9.68. The van der Waals surface area contributed by atoms with E-state index < -0.39 is 0 Å². The van der Waals surface area contributed by atoms with Crippen molar-refractivity contribution in [3.63, 3.8) is 0 Å². The lowest BCUT2D eigenvalue weighted by molar-refractivity contribution is 0.00209. The van der Waals surface area contributed by atoms with E-state index in [9.17, 15) is 5.11 Å². The number of rotatable bonds is 0. The van der Waals surface area contributed by atoms with E-state index in [0.29, 0.717) is 11.3 Å². The molecule has 1 N–H and O–H groups in total. The minimum Gasteiger partial charge on any atom is -0.393 e. The molecular formula is C10H18O. The first-order valence-electron chi connectivity index (χ1n) is 4.90. The molecule has 0 amide bonds. The summed E-state index contributed by atoms with van der Waals surface area (Å²) in [6.45, 7) is 2.37. The van der Waals surface area contributed by atoms with E-state index in [1.54, 1.807) is 0 Å². The van der Waals surface area contributed by atoms with Gasteiger partial charge in [0.05, 0.1) is 6.10 Å². The topological polar surface area (TPSA) is 20.2 Å². The summed E-state index contributed by atoms with van der Waals surface area (Å²) in [5.74, 6) is 0.635. The Morgan fingerprint density at radius 2 is 1.82 bits per heavy atom. The molecule has 2 aliphatic rings. The predicted molar refractivity (Wildman–Crippen MR) is 45.3 cm³/mol. The molecule has 0 radical (unpaired) electrons. The average Bonchev–Trinajstić information content (AvgIpc) is 2.31. The Hall–Kier alpha value is -0.0400. The number of aliphatic hydroxyl groups excluding tert-OH is 1. The molecular weight excluding hydrogens is 136 g/mol. The van der Waals surface area contributed by atoms with Gasteiger partial charge < -0.3 is 5.11 Å². The average molecular weight is 154 g/mol. The molecule has 2 fully saturated rings. The van der Waals surface area contributed by atoms with Crippen molar-refractivity contribution in [1.29, 1.82) is 0 Å². The first-order chi connectivity index (χ1) is 5.22. The fraction of sp³-hybridized carbons (Fsp3) is 1.00. The van der Waals surface area contributed by atoms with Crippen LogP contribution in [-0.4, -0.2) is 11.2 Å². The molecule has 1 heteroatoms. The lowest BCUT2D eigenvalue weighted by Gasteiger charge is -2.39. The van der Waals surface area contributed by atoms with Crippen LogP contribution in [0.2, 0.25) is 0 Å². The quantitative estimate of drug-likeness (QED) is 0.568. The number of hydrogen-bond donors (Lipinski definition) is 1. The number of hydrogen-bond acceptors (Lipinski definition) is 1. The third-order valence-electron chi connectivity index (χ3n) is 3.87. The second kappa shape index (κ2) is 2.48. The molecule has 2 saturated carbocycles. The molecule has 64 valence electrons. The maximum absolute atomic E-state index is 9.74. The van der Waals surface area contributed by atoms with Crippen molar-refractivity contribution in [3.8, 4) is 0 Å². The van der Waals surface area contributed by atoms with Crippen LogP contribution in [0.25, 0.3) is 0 Å². The first kappa shape index (κ1) is 7.60. The van der Waals surface area contributed by atoms with Crippen molar-refractivity contribution in [2.45, 2.75) is 51.6 Å². The van der Waals surface area contributed by atoms with Crippen LogP contribution in [0.1, 0.15) is 45.4 Å². The van der Waals surface area contributed by atoms with Gasteiger partial charge in [0.25, 0.3) is 0 Å². The van der Waals surface area contributed by atoms with Crippen LogP contribution in [0.15, 0.2) is 0 Å². The largest absolute Gasteiger partial charge is 0.393 e. The maximum Gasteiger partial charge on any atom is 0.0573 e. The van der Waals surface area contributed by atoms with Crippen LogP contribution in [-0.2, 0) is 0 Å².